The molecular weight excluding hydrogens is 480 g/mol. The van der Waals surface area contributed by atoms with Crippen LogP contribution in [0.25, 0.3) is 10.9 Å². The third-order valence-electron chi connectivity index (χ3n) is 6.18. The van der Waals surface area contributed by atoms with Gasteiger partial charge in [0.1, 0.15) is 0 Å². The number of carbonyl (C=O) groups is 2. The van der Waals surface area contributed by atoms with Gasteiger partial charge in [-0.05, 0) is 31.1 Å². The monoisotopic (exact) mass is 518 g/mol. The summed E-state index contributed by atoms with van der Waals surface area (Å²) in [6.07, 6.45) is 3.57. The van der Waals surface area contributed by atoms with E-state index in [9.17, 15) is 9.59 Å². The zero-order chi connectivity index (χ0) is 26.6. The second-order valence-corrected chi connectivity index (χ2v) is 8.64. The fraction of sp³-hybridized carbons (Fsp3) is 0.556. The second-order valence-electron chi connectivity index (χ2n) is 8.64. The number of carbonyl (C=O) groups excluding carboxylic acids is 2. The van der Waals surface area contributed by atoms with Gasteiger partial charge in [-0.2, -0.15) is 0 Å². The van der Waals surface area contributed by atoms with Crippen molar-refractivity contribution < 1.29 is 38.4 Å². The lowest BCUT2D eigenvalue weighted by Crippen LogP contribution is -2.40. The molecule has 1 aliphatic heterocycles. The van der Waals surface area contributed by atoms with E-state index in [1.165, 1.54) is 6.92 Å². The molecule has 1 aromatic heterocycles. The van der Waals surface area contributed by atoms with E-state index < -0.39 is 6.29 Å². The quantitative estimate of drug-likeness (QED) is 0.345. The van der Waals surface area contributed by atoms with Crippen LogP contribution in [0.3, 0.4) is 0 Å². The minimum Gasteiger partial charge on any atom is -0.459 e. The van der Waals surface area contributed by atoms with Gasteiger partial charge in [0.05, 0.1) is 38.6 Å². The molecule has 0 bridgehead atoms. The van der Waals surface area contributed by atoms with Gasteiger partial charge in [0, 0.05) is 57.2 Å². The lowest BCUT2D eigenvalue weighted by molar-refractivity contribution is -0.168. The number of aromatic nitrogens is 1. The summed E-state index contributed by atoms with van der Waals surface area (Å²) in [5, 5.41) is 12.6. The topological polar surface area (TPSA) is 117 Å². The summed E-state index contributed by atoms with van der Waals surface area (Å²) in [4.78, 5) is 25.4. The van der Waals surface area contributed by atoms with Crippen molar-refractivity contribution in [1.29, 1.82) is 0 Å². The molecule has 1 aliphatic rings. The molecule has 2 heterocycles. The lowest BCUT2D eigenvalue weighted by atomic mass is 9.81. The molecule has 204 valence electrons. The number of benzene rings is 1. The highest BCUT2D eigenvalue weighted by Crippen LogP contribution is 2.42. The first-order valence-corrected chi connectivity index (χ1v) is 12.7. The summed E-state index contributed by atoms with van der Waals surface area (Å²) in [6.45, 7) is 5.98. The largest absolute Gasteiger partial charge is 0.459 e. The Morgan fingerprint density at radius 1 is 1.11 bits per heavy atom. The minimum atomic E-state index is -0.683. The van der Waals surface area contributed by atoms with Crippen molar-refractivity contribution >= 4 is 22.7 Å². The number of allylic oxidation sites excluding steroid dienone is 1. The van der Waals surface area contributed by atoms with Crippen LogP contribution in [0, 0.1) is 5.92 Å². The summed E-state index contributed by atoms with van der Waals surface area (Å²) >= 11 is 0. The van der Waals surface area contributed by atoms with E-state index in [0.29, 0.717) is 46.0 Å². The van der Waals surface area contributed by atoms with Gasteiger partial charge in [-0.15, -0.1) is 0 Å². The molecule has 1 amide bonds. The molecule has 0 aliphatic carbocycles. The number of nitrogens with zero attached hydrogens (tertiary/aromatic N) is 1. The van der Waals surface area contributed by atoms with Crippen LogP contribution in [-0.2, 0) is 28.5 Å². The summed E-state index contributed by atoms with van der Waals surface area (Å²) in [7, 11) is 1.57. The smallest absolute Gasteiger partial charge is 0.286 e. The van der Waals surface area contributed by atoms with Crippen molar-refractivity contribution in [3.8, 4) is 0 Å². The summed E-state index contributed by atoms with van der Waals surface area (Å²) in [6, 6.07) is 7.72. The number of nitrogens with one attached hydrogen (secondary N) is 1. The summed E-state index contributed by atoms with van der Waals surface area (Å²) in [5.41, 5.74) is 1.72. The summed E-state index contributed by atoms with van der Waals surface area (Å²) in [5.74, 6) is -0.722. The molecule has 0 saturated carbocycles. The van der Waals surface area contributed by atoms with E-state index in [1.54, 1.807) is 11.7 Å². The Morgan fingerprint density at radius 2 is 1.86 bits per heavy atom. The SMILES string of the molecule is CCO[C@H]1OC(C(=O)NCCOC)=C[C@@H](c2cn(C(C)=O)c3ccccc23)[C@H]1CCOCCOCCO. The van der Waals surface area contributed by atoms with E-state index in [-0.39, 0.29) is 42.6 Å². The molecule has 0 radical (unpaired) electrons. The Kier molecular flexibility index (Phi) is 11.6. The molecule has 0 fully saturated rings. The number of hydrogen-bond donors (Lipinski definition) is 2. The Hall–Kier alpha value is -2.76. The number of fused-ring (bicyclic) bond motifs is 1. The van der Waals surface area contributed by atoms with Gasteiger partial charge < -0.3 is 34.1 Å². The molecular formula is C27H38N2O8. The number of para-hydroxylation sites is 1. The van der Waals surface area contributed by atoms with Crippen LogP contribution in [0.2, 0.25) is 0 Å². The number of aliphatic hydroxyl groups excluding tert-OH is 1. The lowest BCUT2D eigenvalue weighted by Gasteiger charge is -2.36. The number of ether oxygens (including phenoxy) is 5. The molecule has 10 heteroatoms. The maximum atomic E-state index is 12.9. The van der Waals surface area contributed by atoms with Crippen LogP contribution in [0.1, 0.15) is 36.5 Å². The van der Waals surface area contributed by atoms with Crippen LogP contribution in [-0.4, -0.2) is 87.7 Å². The number of methoxy groups -OCH3 is 1. The van der Waals surface area contributed by atoms with Crippen LogP contribution < -0.4 is 5.32 Å². The van der Waals surface area contributed by atoms with Gasteiger partial charge >= 0.3 is 0 Å². The fourth-order valence-corrected chi connectivity index (χ4v) is 4.49. The fourth-order valence-electron chi connectivity index (χ4n) is 4.49. The predicted molar refractivity (Wildman–Crippen MR) is 137 cm³/mol. The van der Waals surface area contributed by atoms with Crippen LogP contribution in [0.5, 0.6) is 0 Å². The van der Waals surface area contributed by atoms with Crippen molar-refractivity contribution in [2.24, 2.45) is 5.92 Å². The first-order valence-electron chi connectivity index (χ1n) is 12.7. The van der Waals surface area contributed by atoms with Crippen LogP contribution in [0.4, 0.5) is 0 Å². The molecule has 0 unspecified atom stereocenters. The van der Waals surface area contributed by atoms with Crippen molar-refractivity contribution in [3.05, 3.63) is 47.9 Å². The minimum absolute atomic E-state index is 0.0291. The van der Waals surface area contributed by atoms with E-state index >= 15 is 0 Å². The molecule has 3 atom stereocenters. The Bertz CT molecular complexity index is 1050. The highest BCUT2D eigenvalue weighted by molar-refractivity contribution is 5.95. The molecule has 10 nitrogen and oxygen atoms in total. The summed E-state index contributed by atoms with van der Waals surface area (Å²) < 4.78 is 29.7. The molecule has 0 spiro atoms. The zero-order valence-corrected chi connectivity index (χ0v) is 21.8. The first-order chi connectivity index (χ1) is 18.0. The molecule has 37 heavy (non-hydrogen) atoms. The first kappa shape index (κ1) is 28.8. The van der Waals surface area contributed by atoms with Crippen LogP contribution in [0.15, 0.2) is 42.3 Å². The average molecular weight is 519 g/mol. The predicted octanol–water partition coefficient (Wildman–Crippen LogP) is 2.46. The van der Waals surface area contributed by atoms with Crippen molar-refractivity contribution in [3.63, 3.8) is 0 Å². The number of aliphatic hydroxyl groups is 1. The van der Waals surface area contributed by atoms with Crippen molar-refractivity contribution in [2.75, 3.05) is 59.9 Å². The maximum absolute atomic E-state index is 12.9. The van der Waals surface area contributed by atoms with Gasteiger partial charge in [-0.25, -0.2) is 0 Å². The third-order valence-corrected chi connectivity index (χ3v) is 6.18. The molecule has 2 N–H and O–H groups in total. The van der Waals surface area contributed by atoms with E-state index in [2.05, 4.69) is 5.32 Å². The molecule has 2 aromatic rings. The molecule has 3 rings (SSSR count). The average Bonchev–Trinajstić information content (AvgIpc) is 3.29. The Labute approximate surface area is 217 Å². The van der Waals surface area contributed by atoms with Gasteiger partial charge in [0.25, 0.3) is 5.91 Å². The molecule has 0 saturated heterocycles. The van der Waals surface area contributed by atoms with E-state index in [0.717, 1.165) is 16.5 Å². The zero-order valence-electron chi connectivity index (χ0n) is 21.8. The number of rotatable bonds is 15. The highest BCUT2D eigenvalue weighted by Gasteiger charge is 2.39. The Morgan fingerprint density at radius 3 is 2.57 bits per heavy atom. The van der Waals surface area contributed by atoms with Gasteiger partial charge in [-0.1, -0.05) is 18.2 Å². The maximum Gasteiger partial charge on any atom is 0.286 e. The van der Waals surface area contributed by atoms with Crippen molar-refractivity contribution in [2.45, 2.75) is 32.5 Å². The second kappa shape index (κ2) is 14.8. The standard InChI is InChI=1S/C27H38N2O8/c1-4-36-27-21(9-12-34-15-16-35-14-11-30)22(17-25(37-27)26(32)28-10-13-33-3)23-18-29(19(2)31)24-8-6-5-7-20(23)24/h5-8,17-18,21-22,27,30H,4,9-16H2,1-3H3,(H,28,32)/t21-,22-,27+/m1/s1. The number of hydrogen-bond acceptors (Lipinski definition) is 8. The van der Waals surface area contributed by atoms with Crippen LogP contribution >= 0.6 is 0 Å². The van der Waals surface area contributed by atoms with Gasteiger partial charge in [0.2, 0.25) is 12.2 Å². The van der Waals surface area contributed by atoms with Crippen molar-refractivity contribution in [1.82, 2.24) is 9.88 Å². The normalized spacial score (nSPS) is 19.5. The van der Waals surface area contributed by atoms with Gasteiger partial charge in [-0.3, -0.25) is 14.2 Å². The number of amides is 1. The van der Waals surface area contributed by atoms with E-state index in [1.807, 2.05) is 43.5 Å². The highest BCUT2D eigenvalue weighted by atomic mass is 16.7. The molecule has 1 aromatic carbocycles. The third kappa shape index (κ3) is 7.62. The van der Waals surface area contributed by atoms with Gasteiger partial charge in [0.15, 0.2) is 5.76 Å². The van der Waals surface area contributed by atoms with E-state index in [4.69, 9.17) is 28.8 Å². The Balaban J connectivity index is 1.93.